The number of ether oxygens (including phenoxy) is 4. The highest BCUT2D eigenvalue weighted by Crippen LogP contribution is 2.06. The van der Waals surface area contributed by atoms with Gasteiger partial charge in [0.05, 0.1) is 38.6 Å². The van der Waals surface area contributed by atoms with E-state index in [1.165, 1.54) is 0 Å². The highest BCUT2D eigenvalue weighted by atomic mass is 16.6. The molecular weight excluding hydrogens is 262 g/mol. The molecule has 0 unspecified atom stereocenters. The van der Waals surface area contributed by atoms with E-state index in [2.05, 4.69) is 0 Å². The third kappa shape index (κ3) is 7.08. The van der Waals surface area contributed by atoms with Crippen molar-refractivity contribution < 1.29 is 23.7 Å². The predicted octanol–water partition coefficient (Wildman–Crippen LogP) is 1.11. The van der Waals surface area contributed by atoms with Crippen LogP contribution in [0.3, 0.4) is 0 Å². The lowest BCUT2D eigenvalue weighted by atomic mass is 10.2. The van der Waals surface area contributed by atoms with Gasteiger partial charge in [-0.3, -0.25) is 0 Å². The molecule has 0 atom stereocenters. The van der Waals surface area contributed by atoms with Gasteiger partial charge in [-0.15, -0.1) is 0 Å². The van der Waals surface area contributed by atoms with Gasteiger partial charge in [0.25, 0.3) is 0 Å². The molecule has 0 heterocycles. The number of rotatable bonds is 10. The Bertz CT molecular complexity index is 380. The van der Waals surface area contributed by atoms with Crippen LogP contribution < -0.4 is 5.73 Å². The summed E-state index contributed by atoms with van der Waals surface area (Å²) in [7, 11) is 1.62. The number of carbonyl (C=O) groups is 1. The smallest absolute Gasteiger partial charge is 0.338 e. The summed E-state index contributed by atoms with van der Waals surface area (Å²) >= 11 is 0. The van der Waals surface area contributed by atoms with Gasteiger partial charge >= 0.3 is 5.97 Å². The molecule has 1 aromatic rings. The van der Waals surface area contributed by atoms with Crippen LogP contribution >= 0.6 is 0 Å². The number of anilines is 1. The number of hydrogen-bond acceptors (Lipinski definition) is 6. The highest BCUT2D eigenvalue weighted by molar-refractivity contribution is 5.89. The first-order chi connectivity index (χ1) is 9.74. The van der Waals surface area contributed by atoms with Gasteiger partial charge in [-0.25, -0.2) is 4.79 Å². The topological polar surface area (TPSA) is 80.0 Å². The molecular formula is C14H21NO5. The van der Waals surface area contributed by atoms with Gasteiger partial charge in [0, 0.05) is 12.8 Å². The van der Waals surface area contributed by atoms with Gasteiger partial charge in [-0.1, -0.05) is 0 Å². The summed E-state index contributed by atoms with van der Waals surface area (Å²) in [5.74, 6) is -0.384. The van der Waals surface area contributed by atoms with E-state index in [1.54, 1.807) is 31.4 Å². The normalized spacial score (nSPS) is 10.4. The standard InChI is InChI=1S/C14H21NO5/c1-17-6-7-18-8-9-19-10-11-20-14(16)12-2-4-13(15)5-3-12/h2-5H,6-11,15H2,1H3. The van der Waals surface area contributed by atoms with Crippen LogP contribution in [-0.2, 0) is 18.9 Å². The van der Waals surface area contributed by atoms with Gasteiger partial charge in [0.1, 0.15) is 6.61 Å². The number of benzene rings is 1. The van der Waals surface area contributed by atoms with Crippen LogP contribution in [0.1, 0.15) is 10.4 Å². The summed E-state index contributed by atoms with van der Waals surface area (Å²) in [4.78, 5) is 11.6. The van der Waals surface area contributed by atoms with E-state index >= 15 is 0 Å². The van der Waals surface area contributed by atoms with E-state index in [4.69, 9.17) is 24.7 Å². The molecule has 1 aromatic carbocycles. The maximum atomic E-state index is 11.6. The van der Waals surface area contributed by atoms with E-state index in [-0.39, 0.29) is 12.6 Å². The van der Waals surface area contributed by atoms with Crippen LogP contribution in [0, 0.1) is 0 Å². The first-order valence-corrected chi connectivity index (χ1v) is 6.41. The summed E-state index contributed by atoms with van der Waals surface area (Å²) in [5.41, 5.74) is 6.62. The molecule has 112 valence electrons. The second kappa shape index (κ2) is 10.2. The fourth-order valence-corrected chi connectivity index (χ4v) is 1.36. The van der Waals surface area contributed by atoms with Gasteiger partial charge in [-0.05, 0) is 24.3 Å². The molecule has 2 N–H and O–H groups in total. The average molecular weight is 283 g/mol. The zero-order valence-electron chi connectivity index (χ0n) is 11.7. The lowest BCUT2D eigenvalue weighted by molar-refractivity contribution is 0.00570. The van der Waals surface area contributed by atoms with Crippen molar-refractivity contribution in [3.63, 3.8) is 0 Å². The minimum atomic E-state index is -0.384. The number of nitrogens with two attached hydrogens (primary N) is 1. The molecule has 20 heavy (non-hydrogen) atoms. The van der Waals surface area contributed by atoms with Crippen molar-refractivity contribution in [3.05, 3.63) is 29.8 Å². The van der Waals surface area contributed by atoms with E-state index in [0.29, 0.717) is 44.3 Å². The minimum Gasteiger partial charge on any atom is -0.460 e. The molecule has 0 radical (unpaired) electrons. The van der Waals surface area contributed by atoms with Crippen molar-refractivity contribution >= 4 is 11.7 Å². The van der Waals surface area contributed by atoms with E-state index in [9.17, 15) is 4.79 Å². The quantitative estimate of drug-likeness (QED) is 0.393. The van der Waals surface area contributed by atoms with Crippen molar-refractivity contribution in [3.8, 4) is 0 Å². The van der Waals surface area contributed by atoms with Crippen LogP contribution in [0.2, 0.25) is 0 Å². The Morgan fingerprint density at radius 1 is 0.950 bits per heavy atom. The summed E-state index contributed by atoms with van der Waals surface area (Å²) in [6.07, 6.45) is 0. The molecule has 0 aliphatic carbocycles. The Labute approximate surface area is 118 Å². The van der Waals surface area contributed by atoms with Crippen molar-refractivity contribution in [1.29, 1.82) is 0 Å². The van der Waals surface area contributed by atoms with Crippen LogP contribution in [-0.4, -0.2) is 52.7 Å². The molecule has 0 bridgehead atoms. The number of hydrogen-bond donors (Lipinski definition) is 1. The molecule has 0 saturated heterocycles. The SMILES string of the molecule is COCCOCCOCCOC(=O)c1ccc(N)cc1. The lowest BCUT2D eigenvalue weighted by Crippen LogP contribution is -2.13. The number of carbonyl (C=O) groups excluding carboxylic acids is 1. The number of methoxy groups -OCH3 is 1. The predicted molar refractivity (Wildman–Crippen MR) is 74.7 cm³/mol. The Balaban J connectivity index is 2.01. The lowest BCUT2D eigenvalue weighted by Gasteiger charge is -2.07. The Hall–Kier alpha value is -1.63. The van der Waals surface area contributed by atoms with Crippen LogP contribution in [0.25, 0.3) is 0 Å². The Morgan fingerprint density at radius 3 is 2.10 bits per heavy atom. The van der Waals surface area contributed by atoms with Crippen molar-refractivity contribution in [2.75, 3.05) is 52.5 Å². The first kappa shape index (κ1) is 16.4. The van der Waals surface area contributed by atoms with E-state index in [1.807, 2.05) is 0 Å². The van der Waals surface area contributed by atoms with Crippen molar-refractivity contribution in [2.24, 2.45) is 0 Å². The maximum absolute atomic E-state index is 11.6. The summed E-state index contributed by atoms with van der Waals surface area (Å²) < 4.78 is 20.3. The van der Waals surface area contributed by atoms with Gasteiger partial charge in [0.2, 0.25) is 0 Å². The van der Waals surface area contributed by atoms with Gasteiger partial charge in [0.15, 0.2) is 0 Å². The molecule has 0 aliphatic rings. The van der Waals surface area contributed by atoms with Crippen LogP contribution in [0.4, 0.5) is 5.69 Å². The van der Waals surface area contributed by atoms with Crippen molar-refractivity contribution in [2.45, 2.75) is 0 Å². The third-order valence-electron chi connectivity index (χ3n) is 2.41. The average Bonchev–Trinajstić information content (AvgIpc) is 2.46. The van der Waals surface area contributed by atoms with Crippen molar-refractivity contribution in [1.82, 2.24) is 0 Å². The van der Waals surface area contributed by atoms with Gasteiger partial charge in [-0.2, -0.15) is 0 Å². The summed E-state index contributed by atoms with van der Waals surface area (Å²) in [6.45, 7) is 2.62. The first-order valence-electron chi connectivity index (χ1n) is 6.41. The maximum Gasteiger partial charge on any atom is 0.338 e. The van der Waals surface area contributed by atoms with Gasteiger partial charge < -0.3 is 24.7 Å². The second-order valence-corrected chi connectivity index (χ2v) is 3.98. The molecule has 6 nitrogen and oxygen atoms in total. The summed E-state index contributed by atoms with van der Waals surface area (Å²) in [6, 6.07) is 6.57. The van der Waals surface area contributed by atoms with E-state index < -0.39 is 0 Å². The molecule has 0 aliphatic heterocycles. The monoisotopic (exact) mass is 283 g/mol. The molecule has 0 fully saturated rings. The Morgan fingerprint density at radius 2 is 1.50 bits per heavy atom. The molecule has 0 amide bonds. The van der Waals surface area contributed by atoms with Crippen LogP contribution in [0.5, 0.6) is 0 Å². The number of nitrogen functional groups attached to an aromatic ring is 1. The fourth-order valence-electron chi connectivity index (χ4n) is 1.36. The fraction of sp³-hybridized carbons (Fsp3) is 0.500. The van der Waals surface area contributed by atoms with Crippen LogP contribution in [0.15, 0.2) is 24.3 Å². The molecule has 0 aromatic heterocycles. The largest absolute Gasteiger partial charge is 0.460 e. The van der Waals surface area contributed by atoms with E-state index in [0.717, 1.165) is 0 Å². The molecule has 6 heteroatoms. The molecule has 0 spiro atoms. The molecule has 0 saturated carbocycles. The highest BCUT2D eigenvalue weighted by Gasteiger charge is 2.05. The third-order valence-corrected chi connectivity index (χ3v) is 2.41. The minimum absolute atomic E-state index is 0.210. The zero-order valence-corrected chi connectivity index (χ0v) is 11.7. The zero-order chi connectivity index (χ0) is 14.6. The summed E-state index contributed by atoms with van der Waals surface area (Å²) in [5, 5.41) is 0. The molecule has 1 rings (SSSR count). The second-order valence-electron chi connectivity index (χ2n) is 3.98. The number of esters is 1. The Kier molecular flexibility index (Phi) is 8.37.